The maximum Gasteiger partial charge on any atom is 0.167 e. The quantitative estimate of drug-likeness (QED) is 0.910. The van der Waals surface area contributed by atoms with Crippen molar-refractivity contribution in [3.63, 3.8) is 0 Å². The molecule has 2 aromatic rings. The van der Waals surface area contributed by atoms with Crippen LogP contribution in [0.25, 0.3) is 0 Å². The fourth-order valence-electron chi connectivity index (χ4n) is 2.75. The van der Waals surface area contributed by atoms with Crippen molar-refractivity contribution >= 4 is 0 Å². The minimum Gasteiger partial charge on any atom is -0.287 e. The Labute approximate surface area is 112 Å². The SMILES string of the molecule is Cc1nc([C@@H]2CCCCN2Cc2ccnn2C)n[nH]1. The molecule has 19 heavy (non-hydrogen) atoms. The average Bonchev–Trinajstić information content (AvgIpc) is 3.00. The van der Waals surface area contributed by atoms with Crippen LogP contribution in [0.1, 0.15) is 42.6 Å². The number of aryl methyl sites for hydroxylation is 2. The fraction of sp³-hybridized carbons (Fsp3) is 0.615. The van der Waals surface area contributed by atoms with E-state index in [0.717, 1.165) is 31.2 Å². The summed E-state index contributed by atoms with van der Waals surface area (Å²) in [6.07, 6.45) is 5.48. The molecule has 2 aromatic heterocycles. The van der Waals surface area contributed by atoms with Gasteiger partial charge in [-0.05, 0) is 32.4 Å². The second-order valence-corrected chi connectivity index (χ2v) is 5.21. The lowest BCUT2D eigenvalue weighted by atomic mass is 10.0. The topological polar surface area (TPSA) is 62.6 Å². The molecule has 3 rings (SSSR count). The first-order valence-corrected chi connectivity index (χ1v) is 6.84. The molecule has 0 spiro atoms. The zero-order chi connectivity index (χ0) is 13.2. The van der Waals surface area contributed by atoms with E-state index in [0.29, 0.717) is 6.04 Å². The molecule has 102 valence electrons. The molecular formula is C13H20N6. The van der Waals surface area contributed by atoms with Crippen molar-refractivity contribution in [2.24, 2.45) is 7.05 Å². The predicted octanol–water partition coefficient (Wildman–Crippen LogP) is 1.57. The van der Waals surface area contributed by atoms with Gasteiger partial charge in [0, 0.05) is 19.8 Å². The highest BCUT2D eigenvalue weighted by Crippen LogP contribution is 2.29. The molecule has 1 saturated heterocycles. The highest BCUT2D eigenvalue weighted by molar-refractivity contribution is 5.03. The third-order valence-electron chi connectivity index (χ3n) is 3.81. The summed E-state index contributed by atoms with van der Waals surface area (Å²) in [5, 5.41) is 11.5. The van der Waals surface area contributed by atoms with Crippen LogP contribution < -0.4 is 0 Å². The van der Waals surface area contributed by atoms with E-state index in [-0.39, 0.29) is 0 Å². The van der Waals surface area contributed by atoms with Gasteiger partial charge in [0.25, 0.3) is 0 Å². The number of aromatic amines is 1. The smallest absolute Gasteiger partial charge is 0.167 e. The van der Waals surface area contributed by atoms with Crippen molar-refractivity contribution in [3.8, 4) is 0 Å². The van der Waals surface area contributed by atoms with Crippen LogP contribution in [0.15, 0.2) is 12.3 Å². The summed E-state index contributed by atoms with van der Waals surface area (Å²) in [6, 6.07) is 2.41. The summed E-state index contributed by atoms with van der Waals surface area (Å²) in [5.41, 5.74) is 1.24. The van der Waals surface area contributed by atoms with Crippen LogP contribution in [0.4, 0.5) is 0 Å². The number of piperidine rings is 1. The normalized spacial score (nSPS) is 20.8. The van der Waals surface area contributed by atoms with Gasteiger partial charge >= 0.3 is 0 Å². The minimum atomic E-state index is 0.327. The van der Waals surface area contributed by atoms with Gasteiger partial charge in [0.2, 0.25) is 0 Å². The molecule has 0 radical (unpaired) electrons. The highest BCUT2D eigenvalue weighted by Gasteiger charge is 2.27. The molecule has 0 aliphatic carbocycles. The first-order valence-electron chi connectivity index (χ1n) is 6.84. The van der Waals surface area contributed by atoms with Crippen molar-refractivity contribution in [2.75, 3.05) is 6.54 Å². The summed E-state index contributed by atoms with van der Waals surface area (Å²) in [4.78, 5) is 6.97. The Hall–Kier alpha value is -1.69. The molecule has 0 unspecified atom stereocenters. The van der Waals surface area contributed by atoms with E-state index in [4.69, 9.17) is 0 Å². The Morgan fingerprint density at radius 1 is 1.42 bits per heavy atom. The number of rotatable bonds is 3. The molecule has 0 saturated carbocycles. The summed E-state index contributed by atoms with van der Waals surface area (Å²) in [7, 11) is 1.99. The summed E-state index contributed by atoms with van der Waals surface area (Å²) in [6.45, 7) is 3.96. The minimum absolute atomic E-state index is 0.327. The number of H-pyrrole nitrogens is 1. The van der Waals surface area contributed by atoms with E-state index in [2.05, 4.69) is 31.2 Å². The molecule has 0 bridgehead atoms. The van der Waals surface area contributed by atoms with E-state index in [1.807, 2.05) is 24.9 Å². The predicted molar refractivity (Wildman–Crippen MR) is 71.3 cm³/mol. The zero-order valence-electron chi connectivity index (χ0n) is 11.5. The summed E-state index contributed by atoms with van der Waals surface area (Å²) >= 11 is 0. The number of nitrogens with zero attached hydrogens (tertiary/aromatic N) is 5. The van der Waals surface area contributed by atoms with Crippen LogP contribution in [0.2, 0.25) is 0 Å². The third-order valence-corrected chi connectivity index (χ3v) is 3.81. The Balaban J connectivity index is 1.79. The van der Waals surface area contributed by atoms with Crippen LogP contribution in [-0.4, -0.2) is 36.4 Å². The zero-order valence-corrected chi connectivity index (χ0v) is 11.5. The van der Waals surface area contributed by atoms with Crippen LogP contribution >= 0.6 is 0 Å². The first-order chi connectivity index (χ1) is 9.24. The second-order valence-electron chi connectivity index (χ2n) is 5.21. The molecule has 6 heteroatoms. The standard InChI is InChI=1S/C13H20N6/c1-10-15-13(17-16-10)12-5-3-4-8-19(12)9-11-6-7-14-18(11)2/h6-7,12H,3-5,8-9H2,1-2H3,(H,15,16,17)/t12-/m0/s1. The van der Waals surface area contributed by atoms with E-state index < -0.39 is 0 Å². The monoisotopic (exact) mass is 260 g/mol. The molecule has 1 aliphatic rings. The average molecular weight is 260 g/mol. The maximum atomic E-state index is 4.51. The summed E-state index contributed by atoms with van der Waals surface area (Å²) < 4.78 is 1.94. The molecular weight excluding hydrogens is 240 g/mol. The van der Waals surface area contributed by atoms with Gasteiger partial charge in [0.15, 0.2) is 5.82 Å². The highest BCUT2D eigenvalue weighted by atomic mass is 15.3. The van der Waals surface area contributed by atoms with Gasteiger partial charge < -0.3 is 0 Å². The third kappa shape index (κ3) is 2.53. The van der Waals surface area contributed by atoms with Crippen molar-refractivity contribution in [2.45, 2.75) is 38.8 Å². The molecule has 1 fully saturated rings. The van der Waals surface area contributed by atoms with Crippen molar-refractivity contribution in [1.82, 2.24) is 29.9 Å². The van der Waals surface area contributed by atoms with Gasteiger partial charge in [-0.3, -0.25) is 14.7 Å². The van der Waals surface area contributed by atoms with Gasteiger partial charge in [-0.25, -0.2) is 4.98 Å². The van der Waals surface area contributed by atoms with Crippen molar-refractivity contribution < 1.29 is 0 Å². The summed E-state index contributed by atoms with van der Waals surface area (Å²) in [5.74, 6) is 1.82. The molecule has 1 atom stereocenters. The molecule has 1 N–H and O–H groups in total. The number of nitrogens with one attached hydrogen (secondary N) is 1. The van der Waals surface area contributed by atoms with E-state index in [1.165, 1.54) is 18.5 Å². The lowest BCUT2D eigenvalue weighted by molar-refractivity contribution is 0.130. The fourth-order valence-corrected chi connectivity index (χ4v) is 2.75. The van der Waals surface area contributed by atoms with E-state index >= 15 is 0 Å². The second kappa shape index (κ2) is 5.13. The molecule has 0 amide bonds. The molecule has 6 nitrogen and oxygen atoms in total. The van der Waals surface area contributed by atoms with Crippen LogP contribution in [-0.2, 0) is 13.6 Å². The number of hydrogen-bond acceptors (Lipinski definition) is 4. The number of likely N-dealkylation sites (tertiary alicyclic amines) is 1. The van der Waals surface area contributed by atoms with Crippen LogP contribution in [0.5, 0.6) is 0 Å². The van der Waals surface area contributed by atoms with E-state index in [9.17, 15) is 0 Å². The van der Waals surface area contributed by atoms with Gasteiger partial charge in [0.05, 0.1) is 11.7 Å². The Morgan fingerprint density at radius 2 is 2.32 bits per heavy atom. The number of aromatic nitrogens is 5. The van der Waals surface area contributed by atoms with Crippen LogP contribution in [0, 0.1) is 6.92 Å². The maximum absolute atomic E-state index is 4.51. The van der Waals surface area contributed by atoms with Crippen molar-refractivity contribution in [3.05, 3.63) is 29.6 Å². The Bertz CT molecular complexity index is 543. The van der Waals surface area contributed by atoms with Gasteiger partial charge in [0.1, 0.15) is 5.82 Å². The number of hydrogen-bond donors (Lipinski definition) is 1. The molecule has 1 aliphatic heterocycles. The molecule has 3 heterocycles. The lowest BCUT2D eigenvalue weighted by Gasteiger charge is -2.33. The van der Waals surface area contributed by atoms with Crippen molar-refractivity contribution in [1.29, 1.82) is 0 Å². The first kappa shape index (κ1) is 12.3. The Morgan fingerprint density at radius 3 is 3.00 bits per heavy atom. The van der Waals surface area contributed by atoms with Gasteiger partial charge in [-0.15, -0.1) is 0 Å². The largest absolute Gasteiger partial charge is 0.287 e. The van der Waals surface area contributed by atoms with Gasteiger partial charge in [-0.1, -0.05) is 6.42 Å². The lowest BCUT2D eigenvalue weighted by Crippen LogP contribution is -2.34. The Kier molecular flexibility index (Phi) is 3.33. The van der Waals surface area contributed by atoms with E-state index in [1.54, 1.807) is 0 Å². The van der Waals surface area contributed by atoms with Gasteiger partial charge in [-0.2, -0.15) is 10.2 Å². The van der Waals surface area contributed by atoms with Crippen LogP contribution in [0.3, 0.4) is 0 Å². The molecule has 0 aromatic carbocycles.